The fraction of sp³-hybridized carbons (Fsp3) is 0.217. The molecule has 0 radical (unpaired) electrons. The number of thioether (sulfide) groups is 1. The zero-order chi connectivity index (χ0) is 22.8. The van der Waals surface area contributed by atoms with E-state index in [0.29, 0.717) is 33.0 Å². The number of halogens is 1. The second kappa shape index (κ2) is 9.18. The number of esters is 1. The quantitative estimate of drug-likeness (QED) is 0.407. The van der Waals surface area contributed by atoms with Gasteiger partial charge < -0.3 is 10.1 Å². The van der Waals surface area contributed by atoms with Gasteiger partial charge in [0, 0.05) is 22.0 Å². The van der Waals surface area contributed by atoms with E-state index in [1.165, 1.54) is 25.8 Å². The summed E-state index contributed by atoms with van der Waals surface area (Å²) in [5, 5.41) is 9.14. The van der Waals surface area contributed by atoms with Gasteiger partial charge >= 0.3 is 5.97 Å². The van der Waals surface area contributed by atoms with Crippen molar-refractivity contribution in [1.82, 2.24) is 14.8 Å². The summed E-state index contributed by atoms with van der Waals surface area (Å²) >= 11 is 7.73. The maximum Gasteiger partial charge on any atom is 0.337 e. The number of fused-ring (bicyclic) bond motifs is 1. The fourth-order valence-corrected chi connectivity index (χ4v) is 4.75. The van der Waals surface area contributed by atoms with Crippen LogP contribution in [0, 0.1) is 0 Å². The second-order valence-electron chi connectivity index (χ2n) is 7.28. The van der Waals surface area contributed by atoms with Crippen LogP contribution in [0.15, 0.2) is 65.0 Å². The minimum atomic E-state index is -0.461. The first-order valence-corrected chi connectivity index (χ1v) is 11.2. The van der Waals surface area contributed by atoms with Gasteiger partial charge in [-0.3, -0.25) is 4.79 Å². The summed E-state index contributed by atoms with van der Waals surface area (Å²) in [6.07, 6.45) is 0. The van der Waals surface area contributed by atoms with Gasteiger partial charge in [-0.05, 0) is 43.2 Å². The lowest BCUT2D eigenvalue weighted by molar-refractivity contribution is -0.114. The topological polar surface area (TPSA) is 86.1 Å². The highest BCUT2D eigenvalue weighted by Crippen LogP contribution is 2.37. The number of allylic oxidation sites excluding steroid dienone is 2. The van der Waals surface area contributed by atoms with E-state index in [4.69, 9.17) is 16.3 Å². The second-order valence-corrected chi connectivity index (χ2v) is 8.63. The average molecular weight is 469 g/mol. The highest BCUT2D eigenvalue weighted by molar-refractivity contribution is 7.98. The number of hydrogen-bond acceptors (Lipinski definition) is 7. The van der Waals surface area contributed by atoms with Crippen LogP contribution in [-0.4, -0.2) is 33.6 Å². The standard InChI is InChI=1S/C23H21ClN4O3S/c1-13-19(14(2)29)20(15-8-10-16(11-9-15)21(30)31-3)28-22(25-13)26-23(27-28)32-12-17-6-4-5-7-18(17)24/h4-11,20H,12H2,1-3H3,(H,25,26,27). The van der Waals surface area contributed by atoms with Gasteiger partial charge in [-0.2, -0.15) is 4.98 Å². The molecule has 0 saturated carbocycles. The predicted octanol–water partition coefficient (Wildman–Crippen LogP) is 4.89. The molecule has 0 amide bonds. The van der Waals surface area contributed by atoms with E-state index < -0.39 is 12.0 Å². The van der Waals surface area contributed by atoms with E-state index in [1.54, 1.807) is 28.9 Å². The molecule has 1 aliphatic rings. The van der Waals surface area contributed by atoms with E-state index >= 15 is 0 Å². The molecule has 1 unspecified atom stereocenters. The number of methoxy groups -OCH3 is 1. The van der Waals surface area contributed by atoms with E-state index in [9.17, 15) is 9.59 Å². The number of anilines is 1. The van der Waals surface area contributed by atoms with Gasteiger partial charge in [0.2, 0.25) is 11.1 Å². The predicted molar refractivity (Wildman–Crippen MR) is 124 cm³/mol. The van der Waals surface area contributed by atoms with Crippen LogP contribution in [0.25, 0.3) is 0 Å². The third-order valence-corrected chi connectivity index (χ3v) is 6.43. The Kier molecular flexibility index (Phi) is 6.34. The molecule has 1 aliphatic heterocycles. The van der Waals surface area contributed by atoms with Gasteiger partial charge in [0.25, 0.3) is 0 Å². The summed E-state index contributed by atoms with van der Waals surface area (Å²) in [6, 6.07) is 14.2. The summed E-state index contributed by atoms with van der Waals surface area (Å²) in [5.41, 5.74) is 3.56. The van der Waals surface area contributed by atoms with Crippen LogP contribution in [0.5, 0.6) is 0 Å². The van der Waals surface area contributed by atoms with Gasteiger partial charge in [-0.15, -0.1) is 5.10 Å². The highest BCUT2D eigenvalue weighted by Gasteiger charge is 2.32. The largest absolute Gasteiger partial charge is 0.465 e. The lowest BCUT2D eigenvalue weighted by Crippen LogP contribution is -2.27. The zero-order valence-corrected chi connectivity index (χ0v) is 19.3. The molecular weight excluding hydrogens is 448 g/mol. The Bertz CT molecular complexity index is 1220. The lowest BCUT2D eigenvalue weighted by Gasteiger charge is -2.28. The first kappa shape index (κ1) is 22.1. The summed E-state index contributed by atoms with van der Waals surface area (Å²) in [7, 11) is 1.34. The smallest absolute Gasteiger partial charge is 0.337 e. The number of rotatable bonds is 6. The molecule has 1 atom stereocenters. The third kappa shape index (κ3) is 4.28. The number of hydrogen-bond donors (Lipinski definition) is 1. The molecule has 2 aromatic carbocycles. The Morgan fingerprint density at radius 3 is 2.56 bits per heavy atom. The van der Waals surface area contributed by atoms with Crippen LogP contribution in [0.4, 0.5) is 5.95 Å². The van der Waals surface area contributed by atoms with E-state index in [-0.39, 0.29) is 5.78 Å². The van der Waals surface area contributed by atoms with Crippen molar-refractivity contribution in [3.63, 3.8) is 0 Å². The number of ether oxygens (including phenoxy) is 1. The third-order valence-electron chi connectivity index (χ3n) is 5.17. The van der Waals surface area contributed by atoms with Crippen LogP contribution >= 0.6 is 23.4 Å². The molecule has 3 aromatic rings. The molecule has 2 heterocycles. The Labute approximate surface area is 194 Å². The number of aromatic nitrogens is 3. The molecule has 32 heavy (non-hydrogen) atoms. The Morgan fingerprint density at radius 1 is 1.19 bits per heavy atom. The van der Waals surface area contributed by atoms with Crippen molar-refractivity contribution in [3.05, 3.63) is 81.5 Å². The molecule has 0 spiro atoms. The number of nitrogens with zero attached hydrogens (tertiary/aromatic N) is 3. The normalized spacial score (nSPS) is 15.2. The Morgan fingerprint density at radius 2 is 1.91 bits per heavy atom. The summed E-state index contributed by atoms with van der Waals surface area (Å²) in [5.74, 6) is 0.688. The van der Waals surface area contributed by atoms with E-state index in [1.807, 2.05) is 31.2 Å². The van der Waals surface area contributed by atoms with Gasteiger partial charge in [0.1, 0.15) is 6.04 Å². The monoisotopic (exact) mass is 468 g/mol. The molecule has 0 aliphatic carbocycles. The van der Waals surface area contributed by atoms with Crippen molar-refractivity contribution in [1.29, 1.82) is 0 Å². The van der Waals surface area contributed by atoms with E-state index in [2.05, 4.69) is 15.4 Å². The number of carbonyl (C=O) groups is 2. The molecular formula is C23H21ClN4O3S. The van der Waals surface area contributed by atoms with Gasteiger partial charge in [0.05, 0.1) is 12.7 Å². The molecule has 1 N–H and O–H groups in total. The SMILES string of the molecule is COC(=O)c1ccc(C2C(C(C)=O)=C(C)Nc3nc(SCc4ccccc4Cl)nn32)cc1. The number of benzene rings is 2. The zero-order valence-electron chi connectivity index (χ0n) is 17.8. The summed E-state index contributed by atoms with van der Waals surface area (Å²) < 4.78 is 6.49. The van der Waals surface area contributed by atoms with E-state index in [0.717, 1.165) is 16.8 Å². The molecule has 4 rings (SSSR count). The van der Waals surface area contributed by atoms with Crippen molar-refractivity contribution >= 4 is 41.1 Å². The molecule has 0 saturated heterocycles. The molecule has 0 fully saturated rings. The van der Waals surface area contributed by atoms with Crippen LogP contribution in [-0.2, 0) is 15.3 Å². The van der Waals surface area contributed by atoms with Gasteiger partial charge in [0.15, 0.2) is 5.78 Å². The van der Waals surface area contributed by atoms with Crippen molar-refractivity contribution in [2.45, 2.75) is 30.8 Å². The number of carbonyl (C=O) groups excluding carboxylic acids is 2. The van der Waals surface area contributed by atoms with Gasteiger partial charge in [-0.25, -0.2) is 9.48 Å². The Hall–Kier alpha value is -3.10. The van der Waals surface area contributed by atoms with Crippen LogP contribution in [0.1, 0.15) is 41.4 Å². The average Bonchev–Trinajstić information content (AvgIpc) is 3.19. The fourth-order valence-electron chi connectivity index (χ4n) is 3.63. The van der Waals surface area contributed by atoms with Crippen LogP contribution < -0.4 is 5.32 Å². The summed E-state index contributed by atoms with van der Waals surface area (Å²) in [4.78, 5) is 28.9. The lowest BCUT2D eigenvalue weighted by atomic mass is 9.93. The highest BCUT2D eigenvalue weighted by atomic mass is 35.5. The number of Topliss-reactive ketones (excluding diaryl/α,β-unsaturated/α-hetero) is 1. The summed E-state index contributed by atoms with van der Waals surface area (Å²) in [6.45, 7) is 3.38. The number of ketones is 1. The molecule has 164 valence electrons. The maximum absolute atomic E-state index is 12.5. The minimum Gasteiger partial charge on any atom is -0.465 e. The van der Waals surface area contributed by atoms with Gasteiger partial charge in [-0.1, -0.05) is 53.7 Å². The molecule has 1 aromatic heterocycles. The first-order valence-electron chi connectivity index (χ1n) is 9.88. The maximum atomic E-state index is 12.5. The van der Waals surface area contributed by atoms with Crippen molar-refractivity contribution in [2.75, 3.05) is 12.4 Å². The van der Waals surface area contributed by atoms with Crippen molar-refractivity contribution < 1.29 is 14.3 Å². The van der Waals surface area contributed by atoms with Crippen molar-refractivity contribution in [3.8, 4) is 0 Å². The van der Waals surface area contributed by atoms with Crippen LogP contribution in [0.3, 0.4) is 0 Å². The Balaban J connectivity index is 1.68. The minimum absolute atomic E-state index is 0.0662. The molecule has 7 nitrogen and oxygen atoms in total. The first-order chi connectivity index (χ1) is 15.4. The molecule has 9 heteroatoms. The van der Waals surface area contributed by atoms with Crippen LogP contribution in [0.2, 0.25) is 5.02 Å². The molecule has 0 bridgehead atoms. The number of nitrogens with one attached hydrogen (secondary N) is 1. The van der Waals surface area contributed by atoms with Crippen molar-refractivity contribution in [2.24, 2.45) is 0 Å².